The van der Waals surface area contributed by atoms with Crippen LogP contribution >= 0.6 is 28.1 Å². The molecule has 2 N–H and O–H groups in total. The van der Waals surface area contributed by atoms with Gasteiger partial charge >= 0.3 is 0 Å². The van der Waals surface area contributed by atoms with E-state index in [0.29, 0.717) is 5.11 Å². The van der Waals surface area contributed by atoms with Crippen LogP contribution in [-0.2, 0) is 0 Å². The number of halogens is 1. The summed E-state index contributed by atoms with van der Waals surface area (Å²) in [7, 11) is 1.61. The van der Waals surface area contributed by atoms with Crippen molar-refractivity contribution in [3.8, 4) is 5.75 Å². The highest BCUT2D eigenvalue weighted by molar-refractivity contribution is 9.10. The molecule has 0 aliphatic carbocycles. The average molecular weight is 364 g/mol. The van der Waals surface area contributed by atoms with Crippen LogP contribution in [0.4, 0.5) is 5.69 Å². The van der Waals surface area contributed by atoms with Crippen LogP contribution in [0.15, 0.2) is 58.1 Å². The topological polar surface area (TPSA) is 45.6 Å². The second-order valence-corrected chi connectivity index (χ2v) is 5.40. The lowest BCUT2D eigenvalue weighted by molar-refractivity contribution is 0.417. The summed E-state index contributed by atoms with van der Waals surface area (Å²) >= 11 is 8.59. The fourth-order valence-corrected chi connectivity index (χ4v) is 2.23. The zero-order valence-electron chi connectivity index (χ0n) is 11.3. The number of rotatable bonds is 4. The molecule has 0 heterocycles. The molecule has 0 aliphatic heterocycles. The maximum Gasteiger partial charge on any atom is 0.191 e. The van der Waals surface area contributed by atoms with E-state index in [0.717, 1.165) is 21.5 Å². The van der Waals surface area contributed by atoms with E-state index in [2.05, 4.69) is 31.8 Å². The van der Waals surface area contributed by atoms with Gasteiger partial charge in [-0.2, -0.15) is 5.10 Å². The zero-order chi connectivity index (χ0) is 15.1. The van der Waals surface area contributed by atoms with Crippen molar-refractivity contribution < 1.29 is 4.74 Å². The Kier molecular flexibility index (Phi) is 5.71. The number of hydrogen-bond donors (Lipinski definition) is 2. The first kappa shape index (κ1) is 15.5. The maximum absolute atomic E-state index is 5.24. The van der Waals surface area contributed by atoms with Gasteiger partial charge in [-0.15, -0.1) is 0 Å². The molecule has 0 aliphatic rings. The van der Waals surface area contributed by atoms with Crippen LogP contribution in [0.3, 0.4) is 0 Å². The van der Waals surface area contributed by atoms with Gasteiger partial charge in [0.2, 0.25) is 0 Å². The molecular weight excluding hydrogens is 350 g/mol. The summed E-state index contributed by atoms with van der Waals surface area (Å²) in [4.78, 5) is 0. The number of hydrazone groups is 1. The number of benzene rings is 2. The summed E-state index contributed by atoms with van der Waals surface area (Å²) in [5.41, 5.74) is 4.53. The Morgan fingerprint density at radius 2 is 2.05 bits per heavy atom. The number of para-hydroxylation sites is 2. The predicted molar refractivity (Wildman–Crippen MR) is 94.1 cm³/mol. The van der Waals surface area contributed by atoms with E-state index < -0.39 is 0 Å². The molecule has 0 saturated heterocycles. The van der Waals surface area contributed by atoms with Crippen LogP contribution < -0.4 is 15.5 Å². The number of ether oxygens (including phenoxy) is 1. The molecule has 6 heteroatoms. The average Bonchev–Trinajstić information content (AvgIpc) is 2.48. The Morgan fingerprint density at radius 1 is 1.24 bits per heavy atom. The van der Waals surface area contributed by atoms with Crippen LogP contribution in [0, 0.1) is 0 Å². The molecule has 0 bridgehead atoms. The molecule has 0 unspecified atom stereocenters. The molecule has 21 heavy (non-hydrogen) atoms. The van der Waals surface area contributed by atoms with Crippen molar-refractivity contribution in [2.45, 2.75) is 0 Å². The third-order valence-corrected chi connectivity index (χ3v) is 3.27. The van der Waals surface area contributed by atoms with Gasteiger partial charge in [0.25, 0.3) is 0 Å². The van der Waals surface area contributed by atoms with E-state index in [-0.39, 0.29) is 0 Å². The normalized spacial score (nSPS) is 10.4. The van der Waals surface area contributed by atoms with Crippen LogP contribution in [0.2, 0.25) is 0 Å². The first-order valence-electron chi connectivity index (χ1n) is 6.17. The van der Waals surface area contributed by atoms with Crippen LogP contribution in [0.1, 0.15) is 5.56 Å². The van der Waals surface area contributed by atoms with Crippen LogP contribution in [0.5, 0.6) is 5.75 Å². The van der Waals surface area contributed by atoms with Gasteiger partial charge in [-0.05, 0) is 42.0 Å². The van der Waals surface area contributed by atoms with E-state index in [9.17, 15) is 0 Å². The first-order valence-corrected chi connectivity index (χ1v) is 7.38. The number of nitrogens with one attached hydrogen (secondary N) is 2. The van der Waals surface area contributed by atoms with E-state index in [1.807, 2.05) is 48.5 Å². The maximum atomic E-state index is 5.24. The molecule has 0 fully saturated rings. The predicted octanol–water partition coefficient (Wildman–Crippen LogP) is 3.78. The Hall–Kier alpha value is -1.92. The molecule has 0 spiro atoms. The molecule has 2 rings (SSSR count). The Bertz CT molecular complexity index is 661. The number of methoxy groups -OCH3 is 1. The first-order chi connectivity index (χ1) is 10.2. The Balaban J connectivity index is 1.93. The van der Waals surface area contributed by atoms with Crippen molar-refractivity contribution in [1.29, 1.82) is 0 Å². The highest BCUT2D eigenvalue weighted by Crippen LogP contribution is 2.22. The highest BCUT2D eigenvalue weighted by atomic mass is 79.9. The van der Waals surface area contributed by atoms with Gasteiger partial charge in [-0.25, -0.2) is 0 Å². The van der Waals surface area contributed by atoms with Crippen molar-refractivity contribution in [1.82, 2.24) is 5.43 Å². The molecule has 0 atom stereocenters. The molecule has 0 aromatic heterocycles. The summed E-state index contributed by atoms with van der Waals surface area (Å²) in [5, 5.41) is 7.52. The standard InChI is InChI=1S/C15H14BrN3OS/c1-20-14-8-3-2-7-13(14)18-15(21)19-17-10-11-5-4-6-12(16)9-11/h2-10H,1H3,(H2,18,19,21)/b17-10-. The molecule has 2 aromatic carbocycles. The van der Waals surface area contributed by atoms with Gasteiger partial charge in [0.05, 0.1) is 19.0 Å². The monoisotopic (exact) mass is 363 g/mol. The van der Waals surface area contributed by atoms with Crippen molar-refractivity contribution in [3.05, 3.63) is 58.6 Å². The van der Waals surface area contributed by atoms with E-state index in [1.165, 1.54) is 0 Å². The van der Waals surface area contributed by atoms with E-state index >= 15 is 0 Å². The minimum atomic E-state index is 0.394. The van der Waals surface area contributed by atoms with Crippen molar-refractivity contribution in [3.63, 3.8) is 0 Å². The number of hydrogen-bond acceptors (Lipinski definition) is 3. The lowest BCUT2D eigenvalue weighted by Crippen LogP contribution is -2.24. The van der Waals surface area contributed by atoms with E-state index in [1.54, 1.807) is 13.3 Å². The van der Waals surface area contributed by atoms with Crippen molar-refractivity contribution in [2.75, 3.05) is 12.4 Å². The summed E-state index contributed by atoms with van der Waals surface area (Å²) in [6.45, 7) is 0. The Labute approximate surface area is 137 Å². The second kappa shape index (κ2) is 7.75. The fourth-order valence-electron chi connectivity index (χ4n) is 1.65. The van der Waals surface area contributed by atoms with Crippen molar-refractivity contribution >= 4 is 45.2 Å². The van der Waals surface area contributed by atoms with Crippen molar-refractivity contribution in [2.24, 2.45) is 5.10 Å². The van der Waals surface area contributed by atoms with E-state index in [4.69, 9.17) is 17.0 Å². The van der Waals surface area contributed by atoms with Gasteiger partial charge in [0, 0.05) is 4.47 Å². The van der Waals surface area contributed by atoms with Gasteiger partial charge in [0.15, 0.2) is 5.11 Å². The molecular formula is C15H14BrN3OS. The van der Waals surface area contributed by atoms with Gasteiger partial charge in [0.1, 0.15) is 5.75 Å². The molecule has 0 amide bonds. The lowest BCUT2D eigenvalue weighted by atomic mass is 10.2. The summed E-state index contributed by atoms with van der Waals surface area (Å²) in [6.07, 6.45) is 1.70. The lowest BCUT2D eigenvalue weighted by Gasteiger charge is -2.10. The molecule has 2 aromatic rings. The third-order valence-electron chi connectivity index (χ3n) is 2.58. The summed E-state index contributed by atoms with van der Waals surface area (Å²) in [6, 6.07) is 15.3. The second-order valence-electron chi connectivity index (χ2n) is 4.08. The zero-order valence-corrected chi connectivity index (χ0v) is 13.7. The summed E-state index contributed by atoms with van der Waals surface area (Å²) in [5.74, 6) is 0.720. The Morgan fingerprint density at radius 3 is 2.81 bits per heavy atom. The highest BCUT2D eigenvalue weighted by Gasteiger charge is 2.02. The minimum Gasteiger partial charge on any atom is -0.495 e. The van der Waals surface area contributed by atoms with Crippen LogP contribution in [-0.4, -0.2) is 18.4 Å². The molecule has 0 radical (unpaired) electrons. The summed E-state index contributed by atoms with van der Waals surface area (Å²) < 4.78 is 6.24. The fraction of sp³-hybridized carbons (Fsp3) is 0.0667. The smallest absolute Gasteiger partial charge is 0.191 e. The quantitative estimate of drug-likeness (QED) is 0.493. The number of thiocarbonyl (C=S) groups is 1. The largest absolute Gasteiger partial charge is 0.495 e. The van der Waals surface area contributed by atoms with Gasteiger partial charge in [-0.3, -0.25) is 5.43 Å². The molecule has 108 valence electrons. The SMILES string of the molecule is COc1ccccc1NC(=S)N/N=C\c1cccc(Br)c1. The minimum absolute atomic E-state index is 0.394. The van der Waals surface area contributed by atoms with Crippen LogP contribution in [0.25, 0.3) is 0 Å². The van der Waals surface area contributed by atoms with Gasteiger partial charge in [-0.1, -0.05) is 40.2 Å². The van der Waals surface area contributed by atoms with Gasteiger partial charge < -0.3 is 10.1 Å². The molecule has 0 saturated carbocycles. The molecule has 4 nitrogen and oxygen atoms in total. The number of anilines is 1. The third kappa shape index (κ3) is 4.84. The number of nitrogens with zero attached hydrogens (tertiary/aromatic N) is 1.